The van der Waals surface area contributed by atoms with E-state index in [1.807, 2.05) is 24.0 Å². The Morgan fingerprint density at radius 1 is 1.09 bits per heavy atom. The van der Waals surface area contributed by atoms with Gasteiger partial charge < -0.3 is 15.1 Å². The van der Waals surface area contributed by atoms with E-state index in [2.05, 4.69) is 20.4 Å². The molecule has 0 spiro atoms. The third-order valence-corrected chi connectivity index (χ3v) is 4.61. The van der Waals surface area contributed by atoms with Gasteiger partial charge in [-0.2, -0.15) is 5.10 Å². The van der Waals surface area contributed by atoms with E-state index in [4.69, 9.17) is 0 Å². The van der Waals surface area contributed by atoms with E-state index in [1.165, 1.54) is 19.3 Å². The Bertz CT molecular complexity index is 490. The van der Waals surface area contributed by atoms with E-state index in [-0.39, 0.29) is 6.03 Å². The molecule has 2 aliphatic rings. The van der Waals surface area contributed by atoms with Gasteiger partial charge in [-0.1, -0.05) is 19.3 Å². The fourth-order valence-electron chi connectivity index (χ4n) is 3.21. The predicted molar refractivity (Wildman–Crippen MR) is 86.0 cm³/mol. The maximum atomic E-state index is 12.3. The third-order valence-electron chi connectivity index (χ3n) is 4.61. The van der Waals surface area contributed by atoms with Crippen molar-refractivity contribution in [1.82, 2.24) is 20.4 Å². The van der Waals surface area contributed by atoms with Gasteiger partial charge >= 0.3 is 6.03 Å². The number of hydrogen-bond donors (Lipinski definition) is 1. The molecular weight excluding hydrogens is 278 g/mol. The van der Waals surface area contributed by atoms with Crippen LogP contribution in [-0.2, 0) is 0 Å². The molecule has 1 N–H and O–H groups in total. The average Bonchev–Trinajstić information content (AvgIpc) is 2.57. The smallest absolute Gasteiger partial charge is 0.317 e. The number of piperazine rings is 1. The number of nitrogens with zero attached hydrogens (tertiary/aromatic N) is 4. The van der Waals surface area contributed by atoms with Crippen LogP contribution in [0.5, 0.6) is 0 Å². The minimum Gasteiger partial charge on any atom is -0.352 e. The number of carbonyl (C=O) groups is 1. The first-order chi connectivity index (χ1) is 10.7. The fraction of sp³-hybridized carbons (Fsp3) is 0.688. The molecule has 1 aromatic heterocycles. The molecule has 0 bridgehead atoms. The van der Waals surface area contributed by atoms with Crippen LogP contribution in [0.25, 0.3) is 0 Å². The number of urea groups is 1. The number of anilines is 1. The first-order valence-electron chi connectivity index (χ1n) is 8.33. The lowest BCUT2D eigenvalue weighted by molar-refractivity contribution is 0.186. The van der Waals surface area contributed by atoms with E-state index in [9.17, 15) is 4.79 Å². The van der Waals surface area contributed by atoms with Gasteiger partial charge in [0.15, 0.2) is 5.82 Å². The second-order valence-electron chi connectivity index (χ2n) is 6.29. The number of rotatable bonds is 2. The lowest BCUT2D eigenvalue weighted by Crippen LogP contribution is -2.53. The Kier molecular flexibility index (Phi) is 4.75. The molecule has 22 heavy (non-hydrogen) atoms. The first-order valence-corrected chi connectivity index (χ1v) is 8.33. The molecule has 6 nitrogen and oxygen atoms in total. The van der Waals surface area contributed by atoms with Crippen LogP contribution in [0.2, 0.25) is 0 Å². The van der Waals surface area contributed by atoms with E-state index >= 15 is 0 Å². The van der Waals surface area contributed by atoms with Crippen LogP contribution in [0.3, 0.4) is 0 Å². The summed E-state index contributed by atoms with van der Waals surface area (Å²) < 4.78 is 0. The zero-order chi connectivity index (χ0) is 15.4. The van der Waals surface area contributed by atoms with Gasteiger partial charge in [-0.25, -0.2) is 4.79 Å². The third kappa shape index (κ3) is 3.67. The minimum absolute atomic E-state index is 0.0986. The number of nitrogens with one attached hydrogen (secondary N) is 1. The summed E-state index contributed by atoms with van der Waals surface area (Å²) in [7, 11) is 0. The topological polar surface area (TPSA) is 61.4 Å². The van der Waals surface area contributed by atoms with Crippen molar-refractivity contribution in [2.45, 2.75) is 45.1 Å². The van der Waals surface area contributed by atoms with Crippen molar-refractivity contribution in [3.63, 3.8) is 0 Å². The Morgan fingerprint density at radius 3 is 2.45 bits per heavy atom. The summed E-state index contributed by atoms with van der Waals surface area (Å²) in [6, 6.07) is 4.45. The molecule has 1 aliphatic carbocycles. The highest BCUT2D eigenvalue weighted by atomic mass is 16.2. The molecular formula is C16H25N5O. The minimum atomic E-state index is 0.0986. The van der Waals surface area contributed by atoms with Crippen molar-refractivity contribution in [2.75, 3.05) is 31.1 Å². The number of carbonyl (C=O) groups excluding carboxylic acids is 1. The average molecular weight is 303 g/mol. The van der Waals surface area contributed by atoms with Crippen LogP contribution in [0.15, 0.2) is 12.1 Å². The van der Waals surface area contributed by atoms with Crippen LogP contribution in [0, 0.1) is 6.92 Å². The zero-order valence-electron chi connectivity index (χ0n) is 13.3. The summed E-state index contributed by atoms with van der Waals surface area (Å²) >= 11 is 0. The quantitative estimate of drug-likeness (QED) is 0.907. The number of aryl methyl sites for hydroxylation is 1. The largest absolute Gasteiger partial charge is 0.352 e. The van der Waals surface area contributed by atoms with Gasteiger partial charge in [0, 0.05) is 32.2 Å². The van der Waals surface area contributed by atoms with Crippen molar-refractivity contribution < 1.29 is 4.79 Å². The van der Waals surface area contributed by atoms with Gasteiger partial charge in [0.2, 0.25) is 0 Å². The van der Waals surface area contributed by atoms with Gasteiger partial charge in [0.05, 0.1) is 5.69 Å². The molecule has 6 heteroatoms. The summed E-state index contributed by atoms with van der Waals surface area (Å²) in [5, 5.41) is 11.5. The molecule has 2 amide bonds. The maximum Gasteiger partial charge on any atom is 0.317 e. The molecule has 120 valence electrons. The lowest BCUT2D eigenvalue weighted by Gasteiger charge is -2.36. The van der Waals surface area contributed by atoms with Crippen LogP contribution in [0.4, 0.5) is 10.6 Å². The van der Waals surface area contributed by atoms with Gasteiger partial charge in [-0.3, -0.25) is 0 Å². The van der Waals surface area contributed by atoms with Gasteiger partial charge in [0.25, 0.3) is 0 Å². The van der Waals surface area contributed by atoms with Crippen molar-refractivity contribution in [1.29, 1.82) is 0 Å². The van der Waals surface area contributed by atoms with Crippen LogP contribution >= 0.6 is 0 Å². The predicted octanol–water partition coefficient (Wildman–Crippen LogP) is 1.95. The van der Waals surface area contributed by atoms with Gasteiger partial charge in [-0.15, -0.1) is 5.10 Å². The van der Waals surface area contributed by atoms with E-state index in [0.29, 0.717) is 6.04 Å². The number of aromatic nitrogens is 2. The summed E-state index contributed by atoms with van der Waals surface area (Å²) in [4.78, 5) is 16.4. The van der Waals surface area contributed by atoms with E-state index < -0.39 is 0 Å². The summed E-state index contributed by atoms with van der Waals surface area (Å²) in [6.07, 6.45) is 6.05. The van der Waals surface area contributed by atoms with Crippen molar-refractivity contribution in [3.8, 4) is 0 Å². The highest BCUT2D eigenvalue weighted by Gasteiger charge is 2.24. The van der Waals surface area contributed by atoms with E-state index in [1.54, 1.807) is 0 Å². The van der Waals surface area contributed by atoms with Crippen LogP contribution < -0.4 is 10.2 Å². The lowest BCUT2D eigenvalue weighted by atomic mass is 9.96. The highest BCUT2D eigenvalue weighted by Crippen LogP contribution is 2.18. The SMILES string of the molecule is Cc1ccc(N2CCN(C(=O)NC3CCCCC3)CC2)nn1. The maximum absolute atomic E-state index is 12.3. The molecule has 1 saturated carbocycles. The standard InChI is InChI=1S/C16H25N5O/c1-13-7-8-15(19-18-13)20-9-11-21(12-10-20)16(22)17-14-5-3-2-4-6-14/h7-8,14H,2-6,9-12H2,1H3,(H,17,22). The molecule has 0 radical (unpaired) electrons. The molecule has 0 aromatic carbocycles. The molecule has 3 rings (SSSR count). The van der Waals surface area contributed by atoms with Crippen molar-refractivity contribution in [2.24, 2.45) is 0 Å². The molecule has 0 unspecified atom stereocenters. The molecule has 1 saturated heterocycles. The Labute approximate surface area is 131 Å². The monoisotopic (exact) mass is 303 g/mol. The summed E-state index contributed by atoms with van der Waals surface area (Å²) in [6.45, 7) is 5.05. The Hall–Kier alpha value is -1.85. The van der Waals surface area contributed by atoms with Crippen molar-refractivity contribution >= 4 is 11.8 Å². The molecule has 1 aliphatic heterocycles. The Balaban J connectivity index is 1.48. The van der Waals surface area contributed by atoms with Crippen molar-refractivity contribution in [3.05, 3.63) is 17.8 Å². The zero-order valence-corrected chi connectivity index (χ0v) is 13.3. The first kappa shape index (κ1) is 15.1. The van der Waals surface area contributed by atoms with Crippen LogP contribution in [0.1, 0.15) is 37.8 Å². The second-order valence-corrected chi connectivity index (χ2v) is 6.29. The fourth-order valence-corrected chi connectivity index (χ4v) is 3.21. The molecule has 2 fully saturated rings. The van der Waals surface area contributed by atoms with E-state index in [0.717, 1.165) is 50.5 Å². The Morgan fingerprint density at radius 2 is 1.82 bits per heavy atom. The molecule has 0 atom stereocenters. The highest BCUT2D eigenvalue weighted by molar-refractivity contribution is 5.74. The van der Waals surface area contributed by atoms with Crippen LogP contribution in [-0.4, -0.2) is 53.3 Å². The molecule has 1 aromatic rings. The number of amides is 2. The van der Waals surface area contributed by atoms with Gasteiger partial charge in [0.1, 0.15) is 0 Å². The molecule has 2 heterocycles. The van der Waals surface area contributed by atoms with Gasteiger partial charge in [-0.05, 0) is 31.9 Å². The normalized spacial score (nSPS) is 20.0. The second kappa shape index (κ2) is 6.94. The summed E-state index contributed by atoms with van der Waals surface area (Å²) in [5.74, 6) is 0.901. The summed E-state index contributed by atoms with van der Waals surface area (Å²) in [5.41, 5.74) is 0.925. The number of hydrogen-bond acceptors (Lipinski definition) is 4.